The van der Waals surface area contributed by atoms with Gasteiger partial charge < -0.3 is 9.84 Å². The van der Waals surface area contributed by atoms with E-state index in [2.05, 4.69) is 0 Å². The van der Waals surface area contributed by atoms with Crippen LogP contribution < -0.4 is 0 Å². The average Bonchev–Trinajstić information content (AvgIpc) is 2.74. The van der Waals surface area contributed by atoms with Crippen LogP contribution in [0.4, 0.5) is 0 Å². The average molecular weight is 170 g/mol. The zero-order chi connectivity index (χ0) is 8.66. The minimum absolute atomic E-state index is 0.0677. The maximum absolute atomic E-state index is 9.33. The van der Waals surface area contributed by atoms with E-state index in [4.69, 9.17) is 4.74 Å². The Morgan fingerprint density at radius 2 is 2.00 bits per heavy atom. The van der Waals surface area contributed by atoms with E-state index >= 15 is 0 Å². The van der Waals surface area contributed by atoms with Crippen molar-refractivity contribution in [2.45, 2.75) is 44.1 Å². The van der Waals surface area contributed by atoms with E-state index in [1.54, 1.807) is 7.11 Å². The summed E-state index contributed by atoms with van der Waals surface area (Å²) < 4.78 is 5.57. The van der Waals surface area contributed by atoms with Gasteiger partial charge >= 0.3 is 0 Å². The van der Waals surface area contributed by atoms with Gasteiger partial charge in [0.05, 0.1) is 12.2 Å². The van der Waals surface area contributed by atoms with E-state index in [0.29, 0.717) is 6.61 Å². The van der Waals surface area contributed by atoms with Gasteiger partial charge in [-0.1, -0.05) is 19.3 Å². The standard InChI is InChI=1S/C10H18O2/c1-12-10-6-4-2-3-5-9(10,7-10)8-11/h11H,2-8H2,1H3. The highest BCUT2D eigenvalue weighted by atomic mass is 16.5. The van der Waals surface area contributed by atoms with Crippen LogP contribution in [0.1, 0.15) is 38.5 Å². The number of hydrogen-bond donors (Lipinski definition) is 1. The molecule has 2 fully saturated rings. The molecule has 0 aromatic carbocycles. The number of fused-ring (bicyclic) bond motifs is 1. The molecule has 2 heteroatoms. The van der Waals surface area contributed by atoms with Gasteiger partial charge in [-0.3, -0.25) is 0 Å². The molecule has 0 aliphatic heterocycles. The maximum Gasteiger partial charge on any atom is 0.0764 e. The molecule has 2 aliphatic carbocycles. The van der Waals surface area contributed by atoms with Crippen LogP contribution in [0.3, 0.4) is 0 Å². The van der Waals surface area contributed by atoms with Crippen LogP contribution in [0.5, 0.6) is 0 Å². The van der Waals surface area contributed by atoms with Gasteiger partial charge in [0.25, 0.3) is 0 Å². The van der Waals surface area contributed by atoms with Crippen molar-refractivity contribution in [1.29, 1.82) is 0 Å². The smallest absolute Gasteiger partial charge is 0.0764 e. The number of methoxy groups -OCH3 is 1. The molecular formula is C10H18O2. The van der Waals surface area contributed by atoms with Crippen molar-refractivity contribution in [3.05, 3.63) is 0 Å². The molecule has 0 radical (unpaired) electrons. The Balaban J connectivity index is 2.13. The molecule has 0 saturated heterocycles. The normalized spacial score (nSPS) is 46.5. The first-order chi connectivity index (χ1) is 5.79. The zero-order valence-electron chi connectivity index (χ0n) is 7.81. The van der Waals surface area contributed by atoms with Gasteiger partial charge in [-0.05, 0) is 19.3 Å². The van der Waals surface area contributed by atoms with Gasteiger partial charge in [0.1, 0.15) is 0 Å². The van der Waals surface area contributed by atoms with Crippen molar-refractivity contribution in [1.82, 2.24) is 0 Å². The number of aliphatic hydroxyl groups is 1. The first-order valence-electron chi connectivity index (χ1n) is 4.95. The van der Waals surface area contributed by atoms with Crippen molar-refractivity contribution in [3.8, 4) is 0 Å². The Hall–Kier alpha value is -0.0800. The van der Waals surface area contributed by atoms with Crippen LogP contribution >= 0.6 is 0 Å². The summed E-state index contributed by atoms with van der Waals surface area (Å²) in [5.74, 6) is 0. The van der Waals surface area contributed by atoms with E-state index < -0.39 is 0 Å². The second-order valence-electron chi connectivity index (χ2n) is 4.37. The number of rotatable bonds is 2. The predicted octanol–water partition coefficient (Wildman–Crippen LogP) is 1.72. The third-order valence-electron chi connectivity index (χ3n) is 3.89. The summed E-state index contributed by atoms with van der Waals surface area (Å²) in [5, 5.41) is 9.33. The second-order valence-corrected chi connectivity index (χ2v) is 4.37. The van der Waals surface area contributed by atoms with Gasteiger partial charge in [0.15, 0.2) is 0 Å². The van der Waals surface area contributed by atoms with Gasteiger partial charge in [0, 0.05) is 12.5 Å². The molecule has 0 aromatic rings. The fourth-order valence-electron chi connectivity index (χ4n) is 2.89. The first-order valence-corrected chi connectivity index (χ1v) is 4.95. The highest BCUT2D eigenvalue weighted by molar-refractivity contribution is 5.17. The minimum atomic E-state index is 0.0677. The first kappa shape index (κ1) is 8.52. The Morgan fingerprint density at radius 3 is 2.67 bits per heavy atom. The summed E-state index contributed by atoms with van der Waals surface area (Å²) in [6.45, 7) is 0.320. The molecule has 0 heterocycles. The lowest BCUT2D eigenvalue weighted by atomic mass is 9.97. The molecule has 12 heavy (non-hydrogen) atoms. The fourth-order valence-corrected chi connectivity index (χ4v) is 2.89. The van der Waals surface area contributed by atoms with Crippen molar-refractivity contribution < 1.29 is 9.84 Å². The summed E-state index contributed by atoms with van der Waals surface area (Å²) in [4.78, 5) is 0. The topological polar surface area (TPSA) is 29.5 Å². The van der Waals surface area contributed by atoms with Crippen LogP contribution in [-0.4, -0.2) is 24.4 Å². The molecule has 0 aromatic heterocycles. The molecule has 0 spiro atoms. The summed E-state index contributed by atoms with van der Waals surface area (Å²) in [7, 11) is 1.79. The number of aliphatic hydroxyl groups excluding tert-OH is 1. The Morgan fingerprint density at radius 1 is 1.25 bits per heavy atom. The van der Waals surface area contributed by atoms with E-state index in [-0.39, 0.29) is 11.0 Å². The van der Waals surface area contributed by atoms with Crippen molar-refractivity contribution in [3.63, 3.8) is 0 Å². The van der Waals surface area contributed by atoms with E-state index in [9.17, 15) is 5.11 Å². The Bertz CT molecular complexity index is 155. The van der Waals surface area contributed by atoms with Crippen molar-refractivity contribution in [2.75, 3.05) is 13.7 Å². The van der Waals surface area contributed by atoms with Crippen LogP contribution in [-0.2, 0) is 4.74 Å². The lowest BCUT2D eigenvalue weighted by Gasteiger charge is -2.20. The van der Waals surface area contributed by atoms with Gasteiger partial charge in [-0.15, -0.1) is 0 Å². The molecule has 2 atom stereocenters. The molecule has 1 N–H and O–H groups in total. The van der Waals surface area contributed by atoms with Crippen LogP contribution in [0.25, 0.3) is 0 Å². The van der Waals surface area contributed by atoms with Crippen LogP contribution in [0.15, 0.2) is 0 Å². The molecule has 0 bridgehead atoms. The summed E-state index contributed by atoms with van der Waals surface area (Å²) in [6.07, 6.45) is 7.27. The maximum atomic E-state index is 9.33. The van der Waals surface area contributed by atoms with E-state index in [1.165, 1.54) is 19.3 Å². The number of hydrogen-bond acceptors (Lipinski definition) is 2. The highest BCUT2D eigenvalue weighted by Gasteiger charge is 2.67. The summed E-state index contributed by atoms with van der Waals surface area (Å²) in [5.41, 5.74) is 0.219. The summed E-state index contributed by atoms with van der Waals surface area (Å²) >= 11 is 0. The van der Waals surface area contributed by atoms with Gasteiger partial charge in [0.2, 0.25) is 0 Å². The lowest BCUT2D eigenvalue weighted by molar-refractivity contribution is 0.0166. The molecule has 2 unspecified atom stereocenters. The zero-order valence-corrected chi connectivity index (χ0v) is 7.81. The fraction of sp³-hybridized carbons (Fsp3) is 1.00. The molecule has 2 saturated carbocycles. The van der Waals surface area contributed by atoms with Crippen LogP contribution in [0.2, 0.25) is 0 Å². The largest absolute Gasteiger partial charge is 0.396 e. The van der Waals surface area contributed by atoms with Gasteiger partial charge in [-0.2, -0.15) is 0 Å². The monoisotopic (exact) mass is 170 g/mol. The minimum Gasteiger partial charge on any atom is -0.396 e. The van der Waals surface area contributed by atoms with E-state index in [1.807, 2.05) is 0 Å². The summed E-state index contributed by atoms with van der Waals surface area (Å²) in [6, 6.07) is 0. The molecule has 2 aliphatic rings. The quantitative estimate of drug-likeness (QED) is 0.683. The third-order valence-corrected chi connectivity index (χ3v) is 3.89. The van der Waals surface area contributed by atoms with Crippen molar-refractivity contribution in [2.24, 2.45) is 5.41 Å². The molecule has 70 valence electrons. The third kappa shape index (κ3) is 0.944. The second kappa shape index (κ2) is 2.71. The molecule has 0 amide bonds. The Labute approximate surface area is 73.9 Å². The molecule has 2 nitrogen and oxygen atoms in total. The molecule has 2 rings (SSSR count). The highest BCUT2D eigenvalue weighted by Crippen LogP contribution is 2.64. The number of ether oxygens (including phenoxy) is 1. The Kier molecular flexibility index (Phi) is 1.92. The SMILES string of the molecule is COC12CCCCCC1(CO)C2. The van der Waals surface area contributed by atoms with Crippen molar-refractivity contribution >= 4 is 0 Å². The molecular weight excluding hydrogens is 152 g/mol. The van der Waals surface area contributed by atoms with Crippen LogP contribution in [0, 0.1) is 5.41 Å². The van der Waals surface area contributed by atoms with Gasteiger partial charge in [-0.25, -0.2) is 0 Å². The predicted molar refractivity (Wildman–Crippen MR) is 47.0 cm³/mol. The lowest BCUT2D eigenvalue weighted by Crippen LogP contribution is -2.24. The van der Waals surface area contributed by atoms with E-state index in [0.717, 1.165) is 19.3 Å².